The molecule has 2 aromatic heterocycles. The Bertz CT molecular complexity index is 1480. The van der Waals surface area contributed by atoms with E-state index < -0.39 is 0 Å². The summed E-state index contributed by atoms with van der Waals surface area (Å²) in [5.74, 6) is -0.303. The van der Waals surface area contributed by atoms with Crippen molar-refractivity contribution >= 4 is 22.5 Å². The van der Waals surface area contributed by atoms with Crippen LogP contribution in [0.2, 0.25) is 0 Å². The van der Waals surface area contributed by atoms with Crippen LogP contribution in [-0.2, 0) is 4.79 Å². The highest BCUT2D eigenvalue weighted by molar-refractivity contribution is 5.96. The number of nitrogens with zero attached hydrogens (tertiary/aromatic N) is 1. The number of aromatic nitrogens is 2. The van der Waals surface area contributed by atoms with E-state index in [4.69, 9.17) is 0 Å². The average Bonchev–Trinajstić information content (AvgIpc) is 3.31. The van der Waals surface area contributed by atoms with Gasteiger partial charge in [-0.25, -0.2) is 0 Å². The maximum absolute atomic E-state index is 13.1. The molecule has 0 aliphatic rings. The summed E-state index contributed by atoms with van der Waals surface area (Å²) in [4.78, 5) is 20.6. The molecule has 0 bridgehead atoms. The standard InChI is InChI=1S/C30H27N3O/c1-19-14-26(18-27(15-19)23-6-9-29-25(17-23)11-13-32-29)21(3)30(34)33-28-7-4-22(5-8-28)24-10-12-31-20(2)16-24/h4-18,21,32H,1-3H3,(H,33,34). The van der Waals surface area contributed by atoms with Gasteiger partial charge in [0.25, 0.3) is 0 Å². The van der Waals surface area contributed by atoms with Crippen LogP contribution in [-0.4, -0.2) is 15.9 Å². The van der Waals surface area contributed by atoms with Gasteiger partial charge in [-0.05, 0) is 96.4 Å². The molecule has 4 nitrogen and oxygen atoms in total. The van der Waals surface area contributed by atoms with E-state index in [1.807, 2.05) is 56.6 Å². The van der Waals surface area contributed by atoms with Crippen LogP contribution < -0.4 is 5.32 Å². The summed E-state index contributed by atoms with van der Waals surface area (Å²) in [7, 11) is 0. The van der Waals surface area contributed by atoms with Crippen LogP contribution in [0.3, 0.4) is 0 Å². The molecule has 4 heteroatoms. The van der Waals surface area contributed by atoms with Crippen LogP contribution in [0.4, 0.5) is 5.69 Å². The Morgan fingerprint density at radius 3 is 2.38 bits per heavy atom. The van der Waals surface area contributed by atoms with Gasteiger partial charge in [0.15, 0.2) is 0 Å². The highest BCUT2D eigenvalue weighted by Gasteiger charge is 2.17. The minimum absolute atomic E-state index is 0.0230. The van der Waals surface area contributed by atoms with E-state index in [0.29, 0.717) is 0 Å². The Balaban J connectivity index is 1.35. The predicted molar refractivity (Wildman–Crippen MR) is 140 cm³/mol. The molecule has 2 N–H and O–H groups in total. The molecule has 1 atom stereocenters. The van der Waals surface area contributed by atoms with E-state index in [2.05, 4.69) is 70.7 Å². The lowest BCUT2D eigenvalue weighted by Crippen LogP contribution is -2.19. The van der Waals surface area contributed by atoms with Gasteiger partial charge in [0.1, 0.15) is 0 Å². The number of benzene rings is 3. The van der Waals surface area contributed by atoms with Crippen molar-refractivity contribution in [3.63, 3.8) is 0 Å². The number of aromatic amines is 1. The lowest BCUT2D eigenvalue weighted by molar-refractivity contribution is -0.117. The number of fused-ring (bicyclic) bond motifs is 1. The molecule has 5 aromatic rings. The molecule has 3 aromatic carbocycles. The molecule has 5 rings (SSSR count). The second-order valence-electron chi connectivity index (χ2n) is 8.89. The summed E-state index contributed by atoms with van der Waals surface area (Å²) in [6.45, 7) is 6.01. The summed E-state index contributed by atoms with van der Waals surface area (Å²) >= 11 is 0. The number of H-pyrrole nitrogens is 1. The Labute approximate surface area is 199 Å². The van der Waals surface area contributed by atoms with E-state index in [-0.39, 0.29) is 11.8 Å². The third kappa shape index (κ3) is 4.48. The molecule has 0 spiro atoms. The molecular weight excluding hydrogens is 418 g/mol. The highest BCUT2D eigenvalue weighted by atomic mass is 16.1. The third-order valence-corrected chi connectivity index (χ3v) is 6.26. The second kappa shape index (κ2) is 8.99. The molecule has 0 saturated heterocycles. The summed E-state index contributed by atoms with van der Waals surface area (Å²) in [6, 6.07) is 26.9. The Kier molecular flexibility index (Phi) is 5.72. The van der Waals surface area contributed by atoms with Gasteiger partial charge >= 0.3 is 0 Å². The number of anilines is 1. The first kappa shape index (κ1) is 21.7. The molecule has 168 valence electrons. The largest absolute Gasteiger partial charge is 0.361 e. The maximum Gasteiger partial charge on any atom is 0.231 e. The minimum atomic E-state index is -0.280. The fraction of sp³-hybridized carbons (Fsp3) is 0.133. The molecule has 1 amide bonds. The molecule has 34 heavy (non-hydrogen) atoms. The Hall–Kier alpha value is -4.18. The van der Waals surface area contributed by atoms with Crippen molar-refractivity contribution in [3.8, 4) is 22.3 Å². The number of pyridine rings is 1. The molecule has 0 radical (unpaired) electrons. The zero-order valence-corrected chi connectivity index (χ0v) is 19.6. The van der Waals surface area contributed by atoms with Crippen LogP contribution in [0.25, 0.3) is 33.2 Å². The normalized spacial score (nSPS) is 12.0. The third-order valence-electron chi connectivity index (χ3n) is 6.26. The van der Waals surface area contributed by atoms with Crippen molar-refractivity contribution < 1.29 is 4.79 Å². The van der Waals surface area contributed by atoms with E-state index in [1.165, 1.54) is 5.39 Å². The fourth-order valence-electron chi connectivity index (χ4n) is 4.34. The summed E-state index contributed by atoms with van der Waals surface area (Å²) < 4.78 is 0. The van der Waals surface area contributed by atoms with Crippen molar-refractivity contribution in [3.05, 3.63) is 108 Å². The molecule has 2 heterocycles. The van der Waals surface area contributed by atoms with Crippen molar-refractivity contribution in [1.29, 1.82) is 0 Å². The smallest absolute Gasteiger partial charge is 0.231 e. The molecule has 1 unspecified atom stereocenters. The number of hydrogen-bond donors (Lipinski definition) is 2. The molecule has 0 saturated carbocycles. The number of rotatable bonds is 5. The van der Waals surface area contributed by atoms with Crippen LogP contribution in [0.15, 0.2) is 91.3 Å². The van der Waals surface area contributed by atoms with Crippen LogP contribution in [0.5, 0.6) is 0 Å². The van der Waals surface area contributed by atoms with Crippen molar-refractivity contribution in [2.45, 2.75) is 26.7 Å². The van der Waals surface area contributed by atoms with Crippen LogP contribution in [0, 0.1) is 13.8 Å². The predicted octanol–water partition coefficient (Wildman–Crippen LogP) is 7.26. The highest BCUT2D eigenvalue weighted by Crippen LogP contribution is 2.29. The second-order valence-corrected chi connectivity index (χ2v) is 8.89. The van der Waals surface area contributed by atoms with Crippen LogP contribution >= 0.6 is 0 Å². The molecule has 0 aliphatic heterocycles. The number of carbonyl (C=O) groups is 1. The first-order valence-electron chi connectivity index (χ1n) is 11.5. The van der Waals surface area contributed by atoms with E-state index in [9.17, 15) is 4.79 Å². The Morgan fingerprint density at radius 1 is 0.824 bits per heavy atom. The number of hydrogen-bond acceptors (Lipinski definition) is 2. The van der Waals surface area contributed by atoms with Gasteiger partial charge in [-0.3, -0.25) is 9.78 Å². The molecule has 0 fully saturated rings. The lowest BCUT2D eigenvalue weighted by atomic mass is 9.93. The van der Waals surface area contributed by atoms with E-state index in [0.717, 1.165) is 50.3 Å². The Morgan fingerprint density at radius 2 is 1.59 bits per heavy atom. The maximum atomic E-state index is 13.1. The van der Waals surface area contributed by atoms with Crippen LogP contribution in [0.1, 0.15) is 29.7 Å². The summed E-state index contributed by atoms with van der Waals surface area (Å²) in [5, 5.41) is 4.25. The zero-order chi connectivity index (χ0) is 23.7. The average molecular weight is 446 g/mol. The lowest BCUT2D eigenvalue weighted by Gasteiger charge is -2.15. The van der Waals surface area contributed by atoms with Crippen molar-refractivity contribution in [2.24, 2.45) is 0 Å². The zero-order valence-electron chi connectivity index (χ0n) is 19.6. The number of carbonyl (C=O) groups excluding carboxylic acids is 1. The quantitative estimate of drug-likeness (QED) is 0.299. The van der Waals surface area contributed by atoms with Gasteiger partial charge in [0.05, 0.1) is 5.92 Å². The number of nitrogens with one attached hydrogen (secondary N) is 2. The van der Waals surface area contributed by atoms with Gasteiger partial charge in [0.2, 0.25) is 5.91 Å². The van der Waals surface area contributed by atoms with E-state index in [1.54, 1.807) is 0 Å². The van der Waals surface area contributed by atoms with Crippen molar-refractivity contribution in [1.82, 2.24) is 9.97 Å². The summed E-state index contributed by atoms with van der Waals surface area (Å²) in [6.07, 6.45) is 3.77. The molecular formula is C30H27N3O. The number of amides is 1. The van der Waals surface area contributed by atoms with Gasteiger partial charge in [0, 0.05) is 29.3 Å². The van der Waals surface area contributed by atoms with Gasteiger partial charge in [-0.1, -0.05) is 42.0 Å². The van der Waals surface area contributed by atoms with Crippen molar-refractivity contribution in [2.75, 3.05) is 5.32 Å². The van der Waals surface area contributed by atoms with Gasteiger partial charge in [-0.15, -0.1) is 0 Å². The fourth-order valence-corrected chi connectivity index (χ4v) is 4.34. The minimum Gasteiger partial charge on any atom is -0.361 e. The first-order chi connectivity index (χ1) is 16.5. The van der Waals surface area contributed by atoms with Gasteiger partial charge < -0.3 is 10.3 Å². The summed E-state index contributed by atoms with van der Waals surface area (Å²) in [5.41, 5.74) is 9.51. The number of aryl methyl sites for hydroxylation is 2. The monoisotopic (exact) mass is 445 g/mol. The molecule has 0 aliphatic carbocycles. The van der Waals surface area contributed by atoms with E-state index >= 15 is 0 Å². The SMILES string of the molecule is Cc1cc(-c2ccc3[nH]ccc3c2)cc(C(C)C(=O)Nc2ccc(-c3ccnc(C)c3)cc2)c1. The van der Waals surface area contributed by atoms with Gasteiger partial charge in [-0.2, -0.15) is 0 Å². The first-order valence-corrected chi connectivity index (χ1v) is 11.5. The topological polar surface area (TPSA) is 57.8 Å².